The number of aliphatic hydroxyl groups is 2. The van der Waals surface area contributed by atoms with Crippen molar-refractivity contribution in [3.8, 4) is 0 Å². The van der Waals surface area contributed by atoms with Gasteiger partial charge < -0.3 is 14.9 Å². The zero-order valence-electron chi connectivity index (χ0n) is 8.56. The van der Waals surface area contributed by atoms with Crippen LogP contribution in [0.15, 0.2) is 24.8 Å². The molecule has 82 valence electrons. The highest BCUT2D eigenvalue weighted by Crippen LogP contribution is 1.97. The van der Waals surface area contributed by atoms with Crippen molar-refractivity contribution in [3.05, 3.63) is 24.8 Å². The quantitative estimate of drug-likeness (QED) is 0.435. The summed E-state index contributed by atoms with van der Waals surface area (Å²) in [6, 6.07) is 0. The zero-order chi connectivity index (χ0) is 10.6. The Bertz CT molecular complexity index is 151. The van der Waals surface area contributed by atoms with Crippen LogP contribution < -0.4 is 0 Å². The van der Waals surface area contributed by atoms with Crippen LogP contribution in [0.2, 0.25) is 0 Å². The summed E-state index contributed by atoms with van der Waals surface area (Å²) >= 11 is 0. The van der Waals surface area contributed by atoms with Crippen molar-refractivity contribution in [1.82, 2.24) is 0 Å². The van der Waals surface area contributed by atoms with Crippen molar-refractivity contribution in [2.45, 2.75) is 25.4 Å². The average molecular weight is 200 g/mol. The van der Waals surface area contributed by atoms with Gasteiger partial charge in [0.25, 0.3) is 0 Å². The average Bonchev–Trinajstić information content (AvgIpc) is 2.22. The van der Waals surface area contributed by atoms with Gasteiger partial charge in [-0.1, -0.05) is 18.2 Å². The van der Waals surface area contributed by atoms with Crippen LogP contribution in [0.4, 0.5) is 0 Å². The molecule has 0 atom stereocenters. The number of aliphatic hydroxyl groups excluding tert-OH is 2. The van der Waals surface area contributed by atoms with E-state index < -0.39 is 6.10 Å². The van der Waals surface area contributed by atoms with Crippen molar-refractivity contribution >= 4 is 0 Å². The summed E-state index contributed by atoms with van der Waals surface area (Å²) in [4.78, 5) is 0. The molecule has 0 unspecified atom stereocenters. The van der Waals surface area contributed by atoms with E-state index in [2.05, 4.69) is 6.58 Å². The Hall–Kier alpha value is -0.640. The van der Waals surface area contributed by atoms with E-state index in [1.54, 1.807) is 0 Å². The molecule has 0 saturated carbocycles. The Balaban J connectivity index is 3.29. The van der Waals surface area contributed by atoms with E-state index in [1.807, 2.05) is 18.2 Å². The van der Waals surface area contributed by atoms with Crippen molar-refractivity contribution in [3.63, 3.8) is 0 Å². The molecule has 0 aliphatic heterocycles. The summed E-state index contributed by atoms with van der Waals surface area (Å²) in [5, 5.41) is 17.4. The largest absolute Gasteiger partial charge is 0.394 e. The molecule has 0 saturated heterocycles. The van der Waals surface area contributed by atoms with E-state index in [0.717, 1.165) is 19.3 Å². The number of hydrogen-bond donors (Lipinski definition) is 2. The van der Waals surface area contributed by atoms with E-state index >= 15 is 0 Å². The predicted octanol–water partition coefficient (Wildman–Crippen LogP) is 1.27. The molecular weight excluding hydrogens is 180 g/mol. The van der Waals surface area contributed by atoms with E-state index in [0.29, 0.717) is 6.61 Å². The second-order valence-corrected chi connectivity index (χ2v) is 3.01. The number of unbranched alkanes of at least 4 members (excludes halogenated alkanes) is 2. The summed E-state index contributed by atoms with van der Waals surface area (Å²) in [7, 11) is 0. The fourth-order valence-electron chi connectivity index (χ4n) is 0.921. The molecule has 0 spiro atoms. The van der Waals surface area contributed by atoms with Crippen LogP contribution >= 0.6 is 0 Å². The van der Waals surface area contributed by atoms with Crippen LogP contribution in [0.1, 0.15) is 19.3 Å². The van der Waals surface area contributed by atoms with Crippen molar-refractivity contribution in [1.29, 1.82) is 0 Å². The number of ether oxygens (including phenoxy) is 1. The monoisotopic (exact) mass is 200 g/mol. The Labute approximate surface area is 85.7 Å². The van der Waals surface area contributed by atoms with Crippen LogP contribution in [0.25, 0.3) is 0 Å². The van der Waals surface area contributed by atoms with E-state index in [9.17, 15) is 0 Å². The van der Waals surface area contributed by atoms with Gasteiger partial charge in [0.05, 0.1) is 19.8 Å². The van der Waals surface area contributed by atoms with Crippen molar-refractivity contribution in [2.24, 2.45) is 0 Å². The molecule has 0 aliphatic carbocycles. The fourth-order valence-corrected chi connectivity index (χ4v) is 0.921. The lowest BCUT2D eigenvalue weighted by atomic mass is 10.2. The minimum Gasteiger partial charge on any atom is -0.394 e. The van der Waals surface area contributed by atoms with Crippen molar-refractivity contribution < 1.29 is 14.9 Å². The molecule has 14 heavy (non-hydrogen) atoms. The van der Waals surface area contributed by atoms with Gasteiger partial charge in [-0.05, 0) is 19.3 Å². The SMILES string of the molecule is C=CCCC/C=C/COC(CO)CO. The van der Waals surface area contributed by atoms with Gasteiger partial charge in [0.1, 0.15) is 6.10 Å². The molecule has 0 amide bonds. The third-order valence-corrected chi connectivity index (χ3v) is 1.78. The maximum absolute atomic E-state index is 8.68. The smallest absolute Gasteiger partial charge is 0.104 e. The summed E-state index contributed by atoms with van der Waals surface area (Å²) in [6.45, 7) is 3.80. The predicted molar refractivity (Wildman–Crippen MR) is 57.1 cm³/mol. The number of rotatable bonds is 9. The van der Waals surface area contributed by atoms with Gasteiger partial charge in [-0.3, -0.25) is 0 Å². The van der Waals surface area contributed by atoms with Gasteiger partial charge in [0.15, 0.2) is 0 Å². The number of allylic oxidation sites excluding steroid dienone is 2. The highest BCUT2D eigenvalue weighted by atomic mass is 16.5. The van der Waals surface area contributed by atoms with Crippen LogP contribution in [0.5, 0.6) is 0 Å². The summed E-state index contributed by atoms with van der Waals surface area (Å²) in [5.74, 6) is 0. The summed E-state index contributed by atoms with van der Waals surface area (Å²) in [6.07, 6.45) is 8.53. The summed E-state index contributed by atoms with van der Waals surface area (Å²) in [5.41, 5.74) is 0. The molecule has 0 radical (unpaired) electrons. The molecule has 0 rings (SSSR count). The molecule has 0 fully saturated rings. The standard InChI is InChI=1S/C11H20O3/c1-2-3-4-5-6-7-8-14-11(9-12)10-13/h2,6-7,11-13H,1,3-5,8-10H2/b7-6+. The minimum atomic E-state index is -0.451. The Kier molecular flexibility index (Phi) is 9.96. The Morgan fingerprint density at radius 3 is 2.43 bits per heavy atom. The maximum atomic E-state index is 8.68. The van der Waals surface area contributed by atoms with E-state index in [1.165, 1.54) is 0 Å². The third kappa shape index (κ3) is 7.98. The normalized spacial score (nSPS) is 11.4. The van der Waals surface area contributed by atoms with E-state index in [-0.39, 0.29) is 13.2 Å². The second kappa shape index (κ2) is 10.4. The van der Waals surface area contributed by atoms with Gasteiger partial charge in [0, 0.05) is 0 Å². The Morgan fingerprint density at radius 2 is 1.86 bits per heavy atom. The van der Waals surface area contributed by atoms with Gasteiger partial charge in [-0.2, -0.15) is 0 Å². The first-order chi connectivity index (χ1) is 6.85. The molecule has 3 heteroatoms. The molecule has 3 nitrogen and oxygen atoms in total. The van der Waals surface area contributed by atoms with Gasteiger partial charge in [-0.15, -0.1) is 6.58 Å². The van der Waals surface area contributed by atoms with Gasteiger partial charge in [0.2, 0.25) is 0 Å². The maximum Gasteiger partial charge on any atom is 0.104 e. The lowest BCUT2D eigenvalue weighted by Crippen LogP contribution is -2.21. The lowest BCUT2D eigenvalue weighted by Gasteiger charge is -2.09. The molecule has 0 aromatic carbocycles. The van der Waals surface area contributed by atoms with Crippen LogP contribution in [-0.2, 0) is 4.74 Å². The molecule has 0 aliphatic rings. The minimum absolute atomic E-state index is 0.138. The fraction of sp³-hybridized carbons (Fsp3) is 0.636. The molecular formula is C11H20O3. The molecule has 0 aromatic rings. The summed E-state index contributed by atoms with van der Waals surface area (Å²) < 4.78 is 5.14. The van der Waals surface area contributed by atoms with Gasteiger partial charge >= 0.3 is 0 Å². The molecule has 0 bridgehead atoms. The second-order valence-electron chi connectivity index (χ2n) is 3.01. The first kappa shape index (κ1) is 13.4. The zero-order valence-corrected chi connectivity index (χ0v) is 8.56. The van der Waals surface area contributed by atoms with Crippen molar-refractivity contribution in [2.75, 3.05) is 19.8 Å². The van der Waals surface area contributed by atoms with Crippen LogP contribution in [0.3, 0.4) is 0 Å². The molecule has 0 heterocycles. The molecule has 2 N–H and O–H groups in total. The first-order valence-electron chi connectivity index (χ1n) is 4.94. The lowest BCUT2D eigenvalue weighted by molar-refractivity contribution is -0.00722. The molecule has 0 aromatic heterocycles. The van der Waals surface area contributed by atoms with Crippen LogP contribution in [-0.4, -0.2) is 36.1 Å². The first-order valence-corrected chi connectivity index (χ1v) is 4.94. The number of hydrogen-bond acceptors (Lipinski definition) is 3. The van der Waals surface area contributed by atoms with Crippen LogP contribution in [0, 0.1) is 0 Å². The highest BCUT2D eigenvalue weighted by molar-refractivity contribution is 4.82. The third-order valence-electron chi connectivity index (χ3n) is 1.78. The van der Waals surface area contributed by atoms with E-state index in [4.69, 9.17) is 14.9 Å². The van der Waals surface area contributed by atoms with Gasteiger partial charge in [-0.25, -0.2) is 0 Å². The topological polar surface area (TPSA) is 49.7 Å². The highest BCUT2D eigenvalue weighted by Gasteiger charge is 2.02. The Morgan fingerprint density at radius 1 is 1.14 bits per heavy atom.